The lowest BCUT2D eigenvalue weighted by Crippen LogP contribution is -2.31. The van der Waals surface area contributed by atoms with Crippen molar-refractivity contribution in [3.05, 3.63) is 65.6 Å². The van der Waals surface area contributed by atoms with Gasteiger partial charge in [0.25, 0.3) is 11.8 Å². The summed E-state index contributed by atoms with van der Waals surface area (Å²) in [5.41, 5.74) is 1.04. The van der Waals surface area contributed by atoms with Crippen LogP contribution in [0.5, 0.6) is 5.75 Å². The molecule has 0 N–H and O–H groups in total. The number of halogens is 1. The van der Waals surface area contributed by atoms with Crippen molar-refractivity contribution in [2.24, 2.45) is 0 Å². The third-order valence-corrected chi connectivity index (χ3v) is 4.47. The van der Waals surface area contributed by atoms with Gasteiger partial charge in [0.2, 0.25) is 0 Å². The molecular formula is C19H18FN5O3. The van der Waals surface area contributed by atoms with E-state index in [9.17, 15) is 9.18 Å². The van der Waals surface area contributed by atoms with Crippen LogP contribution in [0.25, 0.3) is 0 Å². The predicted molar refractivity (Wildman–Crippen MR) is 94.8 cm³/mol. The van der Waals surface area contributed by atoms with Gasteiger partial charge in [-0.05, 0) is 44.0 Å². The van der Waals surface area contributed by atoms with Crippen LogP contribution in [0.1, 0.15) is 46.8 Å². The minimum atomic E-state index is -0.336. The summed E-state index contributed by atoms with van der Waals surface area (Å²) in [6.45, 7) is 2.46. The highest BCUT2D eigenvalue weighted by molar-refractivity contribution is 5.92. The standard InChI is InChI=1S/C19H18FN5O3/c1-12-9-22-15(10-21-12)19(26)25-8-2-3-16(25)18-23-17(28-24-18)11-27-14-6-4-13(20)5-7-14/h4-7,9-10,16H,2-3,8,11H2,1H3. The summed E-state index contributed by atoms with van der Waals surface area (Å²) in [6.07, 6.45) is 4.62. The van der Waals surface area contributed by atoms with Gasteiger partial charge in [0.05, 0.1) is 17.9 Å². The number of nitrogens with zero attached hydrogens (tertiary/aromatic N) is 5. The Hall–Kier alpha value is -3.36. The van der Waals surface area contributed by atoms with E-state index >= 15 is 0 Å². The van der Waals surface area contributed by atoms with Gasteiger partial charge in [0.15, 0.2) is 12.4 Å². The van der Waals surface area contributed by atoms with E-state index in [1.54, 1.807) is 11.1 Å². The number of carbonyl (C=O) groups is 1. The van der Waals surface area contributed by atoms with Crippen molar-refractivity contribution >= 4 is 5.91 Å². The van der Waals surface area contributed by atoms with Gasteiger partial charge in [0, 0.05) is 12.7 Å². The molecule has 3 heterocycles. The highest BCUT2D eigenvalue weighted by Crippen LogP contribution is 2.31. The number of aryl methyl sites for hydroxylation is 1. The number of aromatic nitrogens is 4. The first-order valence-corrected chi connectivity index (χ1v) is 8.90. The van der Waals surface area contributed by atoms with Crippen molar-refractivity contribution in [2.75, 3.05) is 6.54 Å². The molecule has 144 valence electrons. The second kappa shape index (κ2) is 7.71. The molecule has 0 bridgehead atoms. The number of hydrogen-bond donors (Lipinski definition) is 0. The van der Waals surface area contributed by atoms with Gasteiger partial charge in [-0.1, -0.05) is 5.16 Å². The molecule has 0 aliphatic carbocycles. The minimum Gasteiger partial charge on any atom is -0.484 e. The van der Waals surface area contributed by atoms with Gasteiger partial charge in [-0.15, -0.1) is 0 Å². The molecule has 0 saturated carbocycles. The summed E-state index contributed by atoms with van der Waals surface area (Å²) in [5.74, 6) is 0.676. The number of ether oxygens (including phenoxy) is 1. The molecule has 1 aliphatic rings. The van der Waals surface area contributed by atoms with Gasteiger partial charge in [-0.25, -0.2) is 9.37 Å². The molecule has 3 aromatic rings. The van der Waals surface area contributed by atoms with Crippen molar-refractivity contribution in [1.29, 1.82) is 0 Å². The zero-order chi connectivity index (χ0) is 19.5. The first-order valence-electron chi connectivity index (χ1n) is 8.90. The van der Waals surface area contributed by atoms with Crippen LogP contribution in [0.15, 0.2) is 41.2 Å². The first kappa shape index (κ1) is 18.0. The highest BCUT2D eigenvalue weighted by atomic mass is 19.1. The second-order valence-corrected chi connectivity index (χ2v) is 6.49. The SMILES string of the molecule is Cc1cnc(C(=O)N2CCCC2c2noc(COc3ccc(F)cc3)n2)cn1. The van der Waals surface area contributed by atoms with Crippen LogP contribution in [0.3, 0.4) is 0 Å². The lowest BCUT2D eigenvalue weighted by molar-refractivity contribution is 0.0722. The Balaban J connectivity index is 1.44. The van der Waals surface area contributed by atoms with Gasteiger partial charge in [-0.2, -0.15) is 4.98 Å². The molecule has 1 unspecified atom stereocenters. The third-order valence-electron chi connectivity index (χ3n) is 4.47. The summed E-state index contributed by atoms with van der Waals surface area (Å²) in [5, 5.41) is 4.01. The summed E-state index contributed by atoms with van der Waals surface area (Å²) < 4.78 is 23.7. The summed E-state index contributed by atoms with van der Waals surface area (Å²) in [6, 6.07) is 5.38. The molecule has 4 rings (SSSR count). The average molecular weight is 383 g/mol. The molecular weight excluding hydrogens is 365 g/mol. The molecule has 1 saturated heterocycles. The quantitative estimate of drug-likeness (QED) is 0.669. The number of amides is 1. The molecule has 1 aromatic carbocycles. The Bertz CT molecular complexity index is 958. The smallest absolute Gasteiger partial charge is 0.274 e. The number of hydrogen-bond acceptors (Lipinski definition) is 7. The summed E-state index contributed by atoms with van der Waals surface area (Å²) in [4.78, 5) is 27.1. The van der Waals surface area contributed by atoms with Gasteiger partial charge >= 0.3 is 0 Å². The van der Waals surface area contributed by atoms with Crippen LogP contribution in [0.2, 0.25) is 0 Å². The van der Waals surface area contributed by atoms with E-state index in [0.29, 0.717) is 23.8 Å². The minimum absolute atomic E-state index is 0.0583. The fourth-order valence-corrected chi connectivity index (χ4v) is 3.07. The number of benzene rings is 1. The second-order valence-electron chi connectivity index (χ2n) is 6.49. The maximum Gasteiger partial charge on any atom is 0.274 e. The fourth-order valence-electron chi connectivity index (χ4n) is 3.07. The fraction of sp³-hybridized carbons (Fsp3) is 0.316. The maximum atomic E-state index is 12.9. The number of carbonyl (C=O) groups excluding carboxylic acids is 1. The van der Waals surface area contributed by atoms with E-state index in [-0.39, 0.29) is 30.3 Å². The van der Waals surface area contributed by atoms with E-state index in [4.69, 9.17) is 9.26 Å². The topological polar surface area (TPSA) is 94.2 Å². The Labute approximate surface area is 160 Å². The van der Waals surface area contributed by atoms with E-state index in [0.717, 1.165) is 18.5 Å². The van der Waals surface area contributed by atoms with Crippen molar-refractivity contribution < 1.29 is 18.4 Å². The number of likely N-dealkylation sites (tertiary alicyclic amines) is 1. The molecule has 0 radical (unpaired) electrons. The van der Waals surface area contributed by atoms with E-state index in [1.807, 2.05) is 6.92 Å². The zero-order valence-electron chi connectivity index (χ0n) is 15.2. The molecule has 9 heteroatoms. The van der Waals surface area contributed by atoms with Crippen molar-refractivity contribution in [3.8, 4) is 5.75 Å². The Morgan fingerprint density at radius 3 is 2.86 bits per heavy atom. The Kier molecular flexibility index (Phi) is 4.96. The van der Waals surface area contributed by atoms with Crippen LogP contribution in [0, 0.1) is 12.7 Å². The largest absolute Gasteiger partial charge is 0.484 e. The normalized spacial score (nSPS) is 16.4. The van der Waals surface area contributed by atoms with Gasteiger partial charge in [-0.3, -0.25) is 9.78 Å². The van der Waals surface area contributed by atoms with Crippen LogP contribution in [-0.4, -0.2) is 37.5 Å². The van der Waals surface area contributed by atoms with E-state index in [1.165, 1.54) is 30.5 Å². The van der Waals surface area contributed by atoms with Crippen LogP contribution < -0.4 is 4.74 Å². The molecule has 0 spiro atoms. The van der Waals surface area contributed by atoms with E-state index in [2.05, 4.69) is 20.1 Å². The molecule has 1 aliphatic heterocycles. The highest BCUT2D eigenvalue weighted by Gasteiger charge is 2.34. The average Bonchev–Trinajstić information content (AvgIpc) is 3.37. The summed E-state index contributed by atoms with van der Waals surface area (Å²) >= 11 is 0. The Morgan fingerprint density at radius 2 is 2.11 bits per heavy atom. The summed E-state index contributed by atoms with van der Waals surface area (Å²) in [7, 11) is 0. The monoisotopic (exact) mass is 383 g/mol. The van der Waals surface area contributed by atoms with Crippen molar-refractivity contribution in [2.45, 2.75) is 32.4 Å². The third kappa shape index (κ3) is 3.83. The van der Waals surface area contributed by atoms with Crippen LogP contribution in [0.4, 0.5) is 4.39 Å². The lowest BCUT2D eigenvalue weighted by Gasteiger charge is -2.21. The molecule has 1 atom stereocenters. The van der Waals surface area contributed by atoms with Crippen molar-refractivity contribution in [3.63, 3.8) is 0 Å². The molecule has 8 nitrogen and oxygen atoms in total. The molecule has 28 heavy (non-hydrogen) atoms. The van der Waals surface area contributed by atoms with E-state index < -0.39 is 0 Å². The zero-order valence-corrected chi connectivity index (χ0v) is 15.2. The van der Waals surface area contributed by atoms with Gasteiger partial charge in [0.1, 0.15) is 17.3 Å². The van der Waals surface area contributed by atoms with Crippen LogP contribution >= 0.6 is 0 Å². The molecule has 1 amide bonds. The van der Waals surface area contributed by atoms with Gasteiger partial charge < -0.3 is 14.2 Å². The number of rotatable bonds is 5. The lowest BCUT2D eigenvalue weighted by atomic mass is 10.2. The molecule has 2 aromatic heterocycles. The molecule has 1 fully saturated rings. The van der Waals surface area contributed by atoms with Crippen LogP contribution in [-0.2, 0) is 6.61 Å². The predicted octanol–water partition coefficient (Wildman–Crippen LogP) is 2.86. The maximum absolute atomic E-state index is 12.9. The van der Waals surface area contributed by atoms with Crippen molar-refractivity contribution in [1.82, 2.24) is 25.0 Å². The Morgan fingerprint density at radius 1 is 1.29 bits per heavy atom. The first-order chi connectivity index (χ1) is 13.6.